The molecule has 8 nitrogen and oxygen atoms in total. The summed E-state index contributed by atoms with van der Waals surface area (Å²) in [6.07, 6.45) is 0.612. The van der Waals surface area contributed by atoms with Crippen molar-refractivity contribution >= 4 is 34.2 Å². The second-order valence-electron chi connectivity index (χ2n) is 9.99. The number of aryl methyl sites for hydroxylation is 1. The number of carbonyl (C=O) groups is 2. The van der Waals surface area contributed by atoms with Crippen LogP contribution in [0.1, 0.15) is 27.2 Å². The van der Waals surface area contributed by atoms with Crippen LogP contribution in [0.2, 0.25) is 0 Å². The SMILES string of the molecule is CCN1C(=O)C(C)(C)C(=O)N(C)c2cc(OCCCn3c(=O)n(-c4ccccc4)c4ccccc43)ccc21. The van der Waals surface area contributed by atoms with E-state index in [-0.39, 0.29) is 17.5 Å². The van der Waals surface area contributed by atoms with Crippen LogP contribution in [0.3, 0.4) is 0 Å². The number of fused-ring (bicyclic) bond motifs is 2. The zero-order valence-corrected chi connectivity index (χ0v) is 22.2. The molecule has 0 saturated carbocycles. The number of hydrogen-bond acceptors (Lipinski definition) is 4. The summed E-state index contributed by atoms with van der Waals surface area (Å²) in [5.74, 6) is 0.126. The molecule has 2 amide bonds. The summed E-state index contributed by atoms with van der Waals surface area (Å²) in [6.45, 7) is 6.56. The number of hydrogen-bond donors (Lipinski definition) is 0. The molecule has 2 heterocycles. The van der Waals surface area contributed by atoms with Gasteiger partial charge in [0.25, 0.3) is 0 Å². The third-order valence-corrected chi connectivity index (χ3v) is 7.18. The van der Waals surface area contributed by atoms with Crippen LogP contribution >= 0.6 is 0 Å². The molecule has 0 aliphatic carbocycles. The molecule has 0 saturated heterocycles. The van der Waals surface area contributed by atoms with Gasteiger partial charge < -0.3 is 14.5 Å². The highest BCUT2D eigenvalue weighted by molar-refractivity contribution is 6.20. The second kappa shape index (κ2) is 9.85. The monoisotopic (exact) mass is 512 g/mol. The molecule has 0 radical (unpaired) electrons. The van der Waals surface area contributed by atoms with E-state index in [1.165, 1.54) is 4.90 Å². The van der Waals surface area contributed by atoms with E-state index in [0.717, 1.165) is 16.7 Å². The number of ether oxygens (including phenoxy) is 1. The lowest BCUT2D eigenvalue weighted by Gasteiger charge is -2.27. The molecule has 3 aromatic carbocycles. The predicted molar refractivity (Wildman–Crippen MR) is 149 cm³/mol. The van der Waals surface area contributed by atoms with E-state index in [1.807, 2.05) is 73.7 Å². The van der Waals surface area contributed by atoms with E-state index in [9.17, 15) is 14.4 Å². The van der Waals surface area contributed by atoms with Gasteiger partial charge in [-0.3, -0.25) is 18.7 Å². The molecule has 38 heavy (non-hydrogen) atoms. The fraction of sp³-hybridized carbons (Fsp3) is 0.300. The molecule has 1 aliphatic heterocycles. The van der Waals surface area contributed by atoms with E-state index in [1.54, 1.807) is 41.0 Å². The van der Waals surface area contributed by atoms with Gasteiger partial charge in [0.15, 0.2) is 0 Å². The maximum atomic E-state index is 13.4. The zero-order valence-electron chi connectivity index (χ0n) is 22.2. The lowest BCUT2D eigenvalue weighted by Crippen LogP contribution is -2.47. The molecule has 0 fully saturated rings. The van der Waals surface area contributed by atoms with E-state index in [2.05, 4.69) is 0 Å². The molecule has 8 heteroatoms. The van der Waals surface area contributed by atoms with Crippen molar-refractivity contribution in [1.82, 2.24) is 9.13 Å². The Morgan fingerprint density at radius 2 is 1.50 bits per heavy atom. The number of carbonyl (C=O) groups excluding carboxylic acids is 2. The molecule has 196 valence electrons. The average Bonchev–Trinajstić information content (AvgIpc) is 3.19. The van der Waals surface area contributed by atoms with Gasteiger partial charge in [0.1, 0.15) is 11.2 Å². The summed E-state index contributed by atoms with van der Waals surface area (Å²) in [4.78, 5) is 42.7. The Labute approximate surface area is 221 Å². The van der Waals surface area contributed by atoms with Crippen molar-refractivity contribution in [2.45, 2.75) is 33.7 Å². The Morgan fingerprint density at radius 1 is 0.816 bits per heavy atom. The molecular formula is C30H32N4O4. The van der Waals surface area contributed by atoms with Crippen molar-refractivity contribution < 1.29 is 14.3 Å². The Hall–Kier alpha value is -4.33. The molecule has 0 bridgehead atoms. The van der Waals surface area contributed by atoms with Crippen LogP contribution in [0.5, 0.6) is 5.75 Å². The van der Waals surface area contributed by atoms with Gasteiger partial charge in [-0.1, -0.05) is 30.3 Å². The fourth-order valence-electron chi connectivity index (χ4n) is 5.13. The zero-order chi connectivity index (χ0) is 27.0. The molecule has 0 spiro atoms. The first-order chi connectivity index (χ1) is 18.3. The van der Waals surface area contributed by atoms with E-state index < -0.39 is 5.41 Å². The van der Waals surface area contributed by atoms with Crippen molar-refractivity contribution in [2.75, 3.05) is 30.0 Å². The van der Waals surface area contributed by atoms with Crippen LogP contribution in [0.15, 0.2) is 77.6 Å². The first kappa shape index (κ1) is 25.3. The number of amides is 2. The number of anilines is 2. The van der Waals surface area contributed by atoms with Crippen LogP contribution in [0, 0.1) is 5.41 Å². The van der Waals surface area contributed by atoms with Crippen molar-refractivity contribution in [3.05, 3.63) is 83.3 Å². The first-order valence-corrected chi connectivity index (χ1v) is 12.9. The molecule has 1 aliphatic rings. The summed E-state index contributed by atoms with van der Waals surface area (Å²) in [7, 11) is 1.69. The standard InChI is InChI=1S/C30H32N4O4/c1-5-32-24-17-16-22(20-26(24)31(4)27(35)30(2,3)28(32)36)38-19-11-18-33-23-14-9-10-15-25(23)34(29(33)37)21-12-7-6-8-13-21/h6-10,12-17,20H,5,11,18-19H2,1-4H3. The largest absolute Gasteiger partial charge is 0.493 e. The van der Waals surface area contributed by atoms with Crippen molar-refractivity contribution in [1.29, 1.82) is 0 Å². The Balaban J connectivity index is 1.35. The van der Waals surface area contributed by atoms with Crippen LogP contribution in [-0.2, 0) is 16.1 Å². The molecular weight excluding hydrogens is 480 g/mol. The fourth-order valence-corrected chi connectivity index (χ4v) is 5.13. The van der Waals surface area contributed by atoms with Crippen molar-refractivity contribution in [3.8, 4) is 11.4 Å². The van der Waals surface area contributed by atoms with E-state index in [4.69, 9.17) is 4.74 Å². The lowest BCUT2D eigenvalue weighted by molar-refractivity contribution is -0.137. The Morgan fingerprint density at radius 3 is 2.21 bits per heavy atom. The Bertz CT molecular complexity index is 1570. The highest BCUT2D eigenvalue weighted by atomic mass is 16.5. The third kappa shape index (κ3) is 4.16. The average molecular weight is 513 g/mol. The molecule has 4 aromatic rings. The predicted octanol–water partition coefficient (Wildman–Crippen LogP) is 4.62. The van der Waals surface area contributed by atoms with Crippen molar-refractivity contribution in [3.63, 3.8) is 0 Å². The number of aromatic nitrogens is 2. The van der Waals surface area contributed by atoms with Crippen LogP contribution in [0.4, 0.5) is 11.4 Å². The van der Waals surface area contributed by atoms with Gasteiger partial charge in [0.2, 0.25) is 11.8 Å². The minimum atomic E-state index is -1.16. The maximum absolute atomic E-state index is 13.4. The highest BCUT2D eigenvalue weighted by Crippen LogP contribution is 2.40. The first-order valence-electron chi connectivity index (χ1n) is 12.9. The van der Waals surface area contributed by atoms with Gasteiger partial charge in [0, 0.05) is 26.2 Å². The lowest BCUT2D eigenvalue weighted by atomic mass is 9.90. The molecule has 1 aromatic heterocycles. The smallest absolute Gasteiger partial charge is 0.333 e. The number of nitrogens with zero attached hydrogens (tertiary/aromatic N) is 4. The van der Waals surface area contributed by atoms with Gasteiger partial charge in [-0.2, -0.15) is 0 Å². The highest BCUT2D eigenvalue weighted by Gasteiger charge is 2.45. The third-order valence-electron chi connectivity index (χ3n) is 7.18. The van der Waals surface area contributed by atoms with E-state index in [0.29, 0.717) is 43.2 Å². The number of para-hydroxylation sites is 3. The van der Waals surface area contributed by atoms with Gasteiger partial charge in [-0.15, -0.1) is 0 Å². The van der Waals surface area contributed by atoms with Crippen LogP contribution in [-0.4, -0.2) is 41.1 Å². The summed E-state index contributed by atoms with van der Waals surface area (Å²) in [5, 5.41) is 0. The molecule has 0 unspecified atom stereocenters. The van der Waals surface area contributed by atoms with Crippen LogP contribution in [0.25, 0.3) is 16.7 Å². The molecule has 0 N–H and O–H groups in total. The minimum Gasteiger partial charge on any atom is -0.493 e. The molecule has 5 rings (SSSR count). The normalized spacial score (nSPS) is 15.1. The summed E-state index contributed by atoms with van der Waals surface area (Å²) >= 11 is 0. The van der Waals surface area contributed by atoms with Gasteiger partial charge in [0.05, 0.1) is 34.7 Å². The topological polar surface area (TPSA) is 76.8 Å². The van der Waals surface area contributed by atoms with Crippen LogP contribution < -0.4 is 20.2 Å². The van der Waals surface area contributed by atoms with Gasteiger partial charge in [-0.25, -0.2) is 4.79 Å². The number of benzene rings is 3. The summed E-state index contributed by atoms with van der Waals surface area (Å²) < 4.78 is 9.56. The quantitative estimate of drug-likeness (QED) is 0.268. The summed E-state index contributed by atoms with van der Waals surface area (Å²) in [5.41, 5.74) is 2.64. The number of rotatable bonds is 7. The molecule has 0 atom stereocenters. The van der Waals surface area contributed by atoms with Gasteiger partial charge >= 0.3 is 5.69 Å². The Kier molecular flexibility index (Phi) is 6.57. The van der Waals surface area contributed by atoms with E-state index >= 15 is 0 Å². The van der Waals surface area contributed by atoms with Crippen molar-refractivity contribution in [2.24, 2.45) is 5.41 Å². The second-order valence-corrected chi connectivity index (χ2v) is 9.99. The maximum Gasteiger partial charge on any atom is 0.333 e. The summed E-state index contributed by atoms with van der Waals surface area (Å²) in [6, 6.07) is 22.9. The van der Waals surface area contributed by atoms with Gasteiger partial charge in [-0.05, 0) is 63.6 Å². The number of imidazole rings is 1. The minimum absolute atomic E-state index is 0.0884.